The fourth-order valence-electron chi connectivity index (χ4n) is 1.40. The zero-order valence-electron chi connectivity index (χ0n) is 10.2. The van der Waals surface area contributed by atoms with E-state index >= 15 is 0 Å². The Kier molecular flexibility index (Phi) is 5.17. The largest absolute Gasteiger partial charge is 0.481 e. The summed E-state index contributed by atoms with van der Waals surface area (Å²) in [5.41, 5.74) is 0.486. The van der Waals surface area contributed by atoms with E-state index in [0.29, 0.717) is 10.0 Å². The summed E-state index contributed by atoms with van der Waals surface area (Å²) in [6.07, 6.45) is 0. The SMILES string of the molecule is COc1cc(Cl)nc(NC(=O)c2cc(I)ccc2Br)n1. The first-order valence-electron chi connectivity index (χ1n) is 5.34. The van der Waals surface area contributed by atoms with Gasteiger partial charge < -0.3 is 4.74 Å². The third-order valence-corrected chi connectivity index (χ3v) is 3.84. The molecule has 0 spiro atoms. The van der Waals surface area contributed by atoms with Crippen molar-refractivity contribution in [3.05, 3.63) is 43.0 Å². The van der Waals surface area contributed by atoms with Crippen molar-refractivity contribution in [2.45, 2.75) is 0 Å². The van der Waals surface area contributed by atoms with Crippen molar-refractivity contribution >= 4 is 62.0 Å². The molecule has 104 valence electrons. The minimum atomic E-state index is -0.334. The van der Waals surface area contributed by atoms with E-state index in [1.165, 1.54) is 13.2 Å². The Bertz CT molecular complexity index is 669. The average molecular weight is 468 g/mol. The van der Waals surface area contributed by atoms with Crippen LogP contribution in [0.15, 0.2) is 28.7 Å². The molecule has 0 aliphatic rings. The molecule has 1 heterocycles. The molecule has 1 aromatic heterocycles. The van der Waals surface area contributed by atoms with E-state index in [1.54, 1.807) is 12.1 Å². The van der Waals surface area contributed by atoms with Gasteiger partial charge in [0.05, 0.1) is 12.7 Å². The van der Waals surface area contributed by atoms with Gasteiger partial charge in [0, 0.05) is 14.1 Å². The number of halogens is 3. The van der Waals surface area contributed by atoms with Gasteiger partial charge >= 0.3 is 0 Å². The maximum atomic E-state index is 12.2. The normalized spacial score (nSPS) is 10.2. The van der Waals surface area contributed by atoms with Gasteiger partial charge in [0.25, 0.3) is 5.91 Å². The number of amides is 1. The number of aromatic nitrogens is 2. The summed E-state index contributed by atoms with van der Waals surface area (Å²) in [7, 11) is 1.46. The van der Waals surface area contributed by atoms with Gasteiger partial charge in [-0.2, -0.15) is 4.98 Å². The van der Waals surface area contributed by atoms with Gasteiger partial charge in [-0.25, -0.2) is 4.98 Å². The van der Waals surface area contributed by atoms with Gasteiger partial charge in [-0.3, -0.25) is 10.1 Å². The number of rotatable bonds is 3. The van der Waals surface area contributed by atoms with E-state index in [0.717, 1.165) is 3.57 Å². The van der Waals surface area contributed by atoms with Crippen molar-refractivity contribution in [2.24, 2.45) is 0 Å². The van der Waals surface area contributed by atoms with E-state index in [-0.39, 0.29) is 22.9 Å². The van der Waals surface area contributed by atoms with E-state index in [9.17, 15) is 4.79 Å². The van der Waals surface area contributed by atoms with Crippen molar-refractivity contribution in [3.8, 4) is 5.88 Å². The van der Waals surface area contributed by atoms with Crippen LogP contribution in [0.4, 0.5) is 5.95 Å². The zero-order chi connectivity index (χ0) is 14.7. The molecule has 0 aliphatic carbocycles. The minimum absolute atomic E-state index is 0.0881. The third-order valence-electron chi connectivity index (χ3n) is 2.28. The predicted octanol–water partition coefficient (Wildman–Crippen LogP) is 3.76. The minimum Gasteiger partial charge on any atom is -0.481 e. The highest BCUT2D eigenvalue weighted by Gasteiger charge is 2.13. The second-order valence-corrected chi connectivity index (χ2v) is 6.12. The first-order chi connectivity index (χ1) is 9.49. The van der Waals surface area contributed by atoms with Crippen molar-refractivity contribution < 1.29 is 9.53 Å². The lowest BCUT2D eigenvalue weighted by Gasteiger charge is -2.07. The quantitative estimate of drug-likeness (QED) is 0.551. The summed E-state index contributed by atoms with van der Waals surface area (Å²) in [5, 5.41) is 2.77. The number of nitrogens with zero attached hydrogens (tertiary/aromatic N) is 2. The fourth-order valence-corrected chi connectivity index (χ4v) is 2.49. The van der Waals surface area contributed by atoms with E-state index in [2.05, 4.69) is 53.8 Å². The molecule has 0 saturated heterocycles. The molecule has 0 radical (unpaired) electrons. The smallest absolute Gasteiger partial charge is 0.259 e. The predicted molar refractivity (Wildman–Crippen MR) is 88.4 cm³/mol. The van der Waals surface area contributed by atoms with Gasteiger partial charge in [0.15, 0.2) is 0 Å². The Labute approximate surface area is 142 Å². The molecule has 20 heavy (non-hydrogen) atoms. The number of hydrogen-bond acceptors (Lipinski definition) is 4. The van der Waals surface area contributed by atoms with Crippen LogP contribution in [0.1, 0.15) is 10.4 Å². The van der Waals surface area contributed by atoms with Crippen molar-refractivity contribution in [1.29, 1.82) is 0 Å². The number of methoxy groups -OCH3 is 1. The first-order valence-corrected chi connectivity index (χ1v) is 7.59. The number of carbonyl (C=O) groups is 1. The molecular weight excluding hydrogens is 460 g/mol. The Balaban J connectivity index is 2.27. The molecule has 8 heteroatoms. The molecule has 2 aromatic rings. The Morgan fingerprint density at radius 1 is 1.40 bits per heavy atom. The third kappa shape index (κ3) is 3.80. The molecule has 0 bridgehead atoms. The summed E-state index contributed by atoms with van der Waals surface area (Å²) in [6.45, 7) is 0. The van der Waals surface area contributed by atoms with Gasteiger partial charge in [-0.05, 0) is 56.7 Å². The number of nitrogens with one attached hydrogen (secondary N) is 1. The maximum Gasteiger partial charge on any atom is 0.259 e. The highest BCUT2D eigenvalue weighted by molar-refractivity contribution is 14.1. The Morgan fingerprint density at radius 2 is 2.15 bits per heavy atom. The second-order valence-electron chi connectivity index (χ2n) is 3.63. The number of anilines is 1. The number of benzene rings is 1. The molecular formula is C12H8BrClIN3O2. The van der Waals surface area contributed by atoms with Gasteiger partial charge in [0.1, 0.15) is 5.15 Å². The van der Waals surface area contributed by atoms with Crippen LogP contribution in [0.2, 0.25) is 5.15 Å². The Morgan fingerprint density at radius 3 is 2.85 bits per heavy atom. The van der Waals surface area contributed by atoms with E-state index in [1.807, 2.05) is 6.07 Å². The van der Waals surface area contributed by atoms with Crippen LogP contribution in [0.3, 0.4) is 0 Å². The lowest BCUT2D eigenvalue weighted by atomic mass is 10.2. The number of carbonyl (C=O) groups excluding carboxylic acids is 1. The summed E-state index contributed by atoms with van der Waals surface area (Å²) in [5.74, 6) is 0.0341. The number of hydrogen-bond donors (Lipinski definition) is 1. The van der Waals surface area contributed by atoms with Crippen molar-refractivity contribution in [2.75, 3.05) is 12.4 Å². The molecule has 1 aromatic carbocycles. The maximum absolute atomic E-state index is 12.2. The highest BCUT2D eigenvalue weighted by atomic mass is 127. The van der Waals surface area contributed by atoms with Crippen LogP contribution in [0, 0.1) is 3.57 Å². The zero-order valence-corrected chi connectivity index (χ0v) is 14.7. The van der Waals surface area contributed by atoms with Crippen LogP contribution in [-0.4, -0.2) is 23.0 Å². The average Bonchev–Trinajstić information content (AvgIpc) is 2.40. The van der Waals surface area contributed by atoms with Gasteiger partial charge in [-0.15, -0.1) is 0 Å². The second kappa shape index (κ2) is 6.68. The monoisotopic (exact) mass is 467 g/mol. The highest BCUT2D eigenvalue weighted by Crippen LogP contribution is 2.21. The summed E-state index contributed by atoms with van der Waals surface area (Å²) < 4.78 is 6.60. The standard InChI is InChI=1S/C12H8BrClIN3O2/c1-20-10-5-9(14)16-12(17-10)18-11(19)7-4-6(15)2-3-8(7)13/h2-5H,1H3,(H,16,17,18,19). The summed E-state index contributed by atoms with van der Waals surface area (Å²) >= 11 is 11.3. The molecule has 0 unspecified atom stereocenters. The molecule has 1 amide bonds. The molecule has 0 fully saturated rings. The summed E-state index contributed by atoms with van der Waals surface area (Å²) in [6, 6.07) is 6.90. The van der Waals surface area contributed by atoms with Crippen LogP contribution in [0.25, 0.3) is 0 Å². The Hall–Kier alpha value is -0.930. The van der Waals surface area contributed by atoms with E-state index in [4.69, 9.17) is 16.3 Å². The molecule has 5 nitrogen and oxygen atoms in total. The van der Waals surface area contributed by atoms with Crippen LogP contribution in [0.5, 0.6) is 5.88 Å². The molecule has 1 N–H and O–H groups in total. The topological polar surface area (TPSA) is 64.1 Å². The van der Waals surface area contributed by atoms with Crippen LogP contribution < -0.4 is 10.1 Å². The fraction of sp³-hybridized carbons (Fsp3) is 0.0833. The number of ether oxygens (including phenoxy) is 1. The van der Waals surface area contributed by atoms with Crippen LogP contribution >= 0.6 is 50.1 Å². The van der Waals surface area contributed by atoms with Gasteiger partial charge in [-0.1, -0.05) is 11.6 Å². The van der Waals surface area contributed by atoms with Crippen molar-refractivity contribution in [3.63, 3.8) is 0 Å². The lowest BCUT2D eigenvalue weighted by Crippen LogP contribution is -2.15. The van der Waals surface area contributed by atoms with Crippen LogP contribution in [-0.2, 0) is 0 Å². The first kappa shape index (κ1) is 15.5. The lowest BCUT2D eigenvalue weighted by molar-refractivity contribution is 0.102. The summed E-state index contributed by atoms with van der Waals surface area (Å²) in [4.78, 5) is 20.1. The molecule has 2 rings (SSSR count). The molecule has 0 saturated carbocycles. The van der Waals surface area contributed by atoms with E-state index < -0.39 is 0 Å². The van der Waals surface area contributed by atoms with Gasteiger partial charge in [0.2, 0.25) is 11.8 Å². The molecule has 0 atom stereocenters. The van der Waals surface area contributed by atoms with Crippen molar-refractivity contribution in [1.82, 2.24) is 9.97 Å². The molecule has 0 aliphatic heterocycles.